The Morgan fingerprint density at radius 3 is 2.50 bits per heavy atom. The Bertz CT molecular complexity index is 227. The molecule has 0 spiro atoms. The Hall–Kier alpha value is -1.14. The maximum Gasteiger partial charge on any atom is 0.328 e. The standard InChI is InChI=1S/C8H14N2O4/c11-4-6(8(13)14)10-7(12)1-5-2-9-3-5/h5-6,9,11H,1-4H2,(H,10,12)(H,13,14)/t6-/m0/s1. The van der Waals surface area contributed by atoms with Crippen LogP contribution in [0.15, 0.2) is 0 Å². The van der Waals surface area contributed by atoms with Gasteiger partial charge in [-0.2, -0.15) is 0 Å². The third kappa shape index (κ3) is 2.97. The zero-order valence-corrected chi connectivity index (χ0v) is 7.69. The molecule has 4 N–H and O–H groups in total. The number of hydrogen-bond acceptors (Lipinski definition) is 4. The molecule has 0 aromatic heterocycles. The summed E-state index contributed by atoms with van der Waals surface area (Å²) in [6.07, 6.45) is 0.316. The fraction of sp³-hybridized carbons (Fsp3) is 0.750. The summed E-state index contributed by atoms with van der Waals surface area (Å²) in [7, 11) is 0. The van der Waals surface area contributed by atoms with E-state index in [1.54, 1.807) is 0 Å². The minimum absolute atomic E-state index is 0.295. The van der Waals surface area contributed by atoms with Gasteiger partial charge in [-0.15, -0.1) is 0 Å². The van der Waals surface area contributed by atoms with Gasteiger partial charge in [0.05, 0.1) is 6.61 Å². The summed E-state index contributed by atoms with van der Waals surface area (Å²) in [4.78, 5) is 21.7. The minimum atomic E-state index is -1.22. The molecule has 0 aliphatic carbocycles. The van der Waals surface area contributed by atoms with Crippen LogP contribution in [0.5, 0.6) is 0 Å². The maximum atomic E-state index is 11.2. The van der Waals surface area contributed by atoms with Crippen LogP contribution in [0.3, 0.4) is 0 Å². The second-order valence-electron chi connectivity index (χ2n) is 3.37. The van der Waals surface area contributed by atoms with Gasteiger partial charge in [-0.3, -0.25) is 4.79 Å². The van der Waals surface area contributed by atoms with Crippen LogP contribution >= 0.6 is 0 Å². The van der Waals surface area contributed by atoms with Crippen molar-refractivity contribution < 1.29 is 19.8 Å². The van der Waals surface area contributed by atoms with Crippen molar-refractivity contribution in [3.63, 3.8) is 0 Å². The van der Waals surface area contributed by atoms with E-state index in [1.165, 1.54) is 0 Å². The molecular formula is C8H14N2O4. The van der Waals surface area contributed by atoms with Crippen molar-refractivity contribution in [3.05, 3.63) is 0 Å². The van der Waals surface area contributed by atoms with Crippen molar-refractivity contribution in [2.45, 2.75) is 12.5 Å². The fourth-order valence-electron chi connectivity index (χ4n) is 1.19. The minimum Gasteiger partial charge on any atom is -0.480 e. The van der Waals surface area contributed by atoms with Gasteiger partial charge in [0, 0.05) is 6.42 Å². The monoisotopic (exact) mass is 202 g/mol. The molecule has 1 fully saturated rings. The SMILES string of the molecule is O=C(CC1CNC1)N[C@@H](CO)C(=O)O. The molecule has 1 saturated heterocycles. The largest absolute Gasteiger partial charge is 0.480 e. The molecule has 1 heterocycles. The third-order valence-electron chi connectivity index (χ3n) is 2.16. The lowest BCUT2D eigenvalue weighted by atomic mass is 9.99. The molecule has 0 bridgehead atoms. The van der Waals surface area contributed by atoms with Crippen LogP contribution in [0.4, 0.5) is 0 Å². The van der Waals surface area contributed by atoms with E-state index >= 15 is 0 Å². The van der Waals surface area contributed by atoms with Crippen molar-refractivity contribution in [2.75, 3.05) is 19.7 Å². The summed E-state index contributed by atoms with van der Waals surface area (Å²) in [5, 5.41) is 22.4. The number of aliphatic carboxylic acids is 1. The molecule has 1 amide bonds. The molecule has 0 aromatic carbocycles. The van der Waals surface area contributed by atoms with Gasteiger partial charge >= 0.3 is 5.97 Å². The smallest absolute Gasteiger partial charge is 0.328 e. The lowest BCUT2D eigenvalue weighted by Crippen LogP contribution is -2.48. The number of hydrogen-bond donors (Lipinski definition) is 4. The average molecular weight is 202 g/mol. The van der Waals surface area contributed by atoms with Crippen molar-refractivity contribution in [1.82, 2.24) is 10.6 Å². The molecule has 1 aliphatic rings. The predicted molar refractivity (Wildman–Crippen MR) is 47.6 cm³/mol. The van der Waals surface area contributed by atoms with Gasteiger partial charge in [-0.05, 0) is 19.0 Å². The molecule has 1 atom stereocenters. The number of carbonyl (C=O) groups excluding carboxylic acids is 1. The molecule has 0 aromatic rings. The normalized spacial score (nSPS) is 18.4. The summed E-state index contributed by atoms with van der Waals surface area (Å²) < 4.78 is 0. The summed E-state index contributed by atoms with van der Waals surface area (Å²) in [5.74, 6) is -1.24. The van der Waals surface area contributed by atoms with E-state index in [-0.39, 0.29) is 5.91 Å². The Labute approximate surface area is 81.3 Å². The molecule has 0 saturated carbocycles. The average Bonchev–Trinajstić information content (AvgIpc) is 2.07. The van der Waals surface area contributed by atoms with E-state index in [4.69, 9.17) is 10.2 Å². The first kappa shape index (κ1) is 10.9. The van der Waals surface area contributed by atoms with E-state index in [1.807, 2.05) is 0 Å². The molecule has 6 heteroatoms. The van der Waals surface area contributed by atoms with Crippen LogP contribution in [0.1, 0.15) is 6.42 Å². The van der Waals surface area contributed by atoms with Crippen molar-refractivity contribution in [2.24, 2.45) is 5.92 Å². The van der Waals surface area contributed by atoms with E-state index < -0.39 is 18.6 Å². The lowest BCUT2D eigenvalue weighted by molar-refractivity contribution is -0.143. The number of amides is 1. The molecule has 0 unspecified atom stereocenters. The lowest BCUT2D eigenvalue weighted by Gasteiger charge is -2.26. The van der Waals surface area contributed by atoms with Gasteiger partial charge in [0.1, 0.15) is 6.04 Å². The number of nitrogens with one attached hydrogen (secondary N) is 2. The van der Waals surface area contributed by atoms with Crippen molar-refractivity contribution in [3.8, 4) is 0 Å². The van der Waals surface area contributed by atoms with Crippen LogP contribution in [-0.4, -0.2) is 47.8 Å². The van der Waals surface area contributed by atoms with E-state index in [2.05, 4.69) is 10.6 Å². The number of aliphatic hydroxyl groups is 1. The Balaban J connectivity index is 2.26. The van der Waals surface area contributed by atoms with E-state index in [9.17, 15) is 9.59 Å². The molecule has 1 aliphatic heterocycles. The molecule has 80 valence electrons. The third-order valence-corrected chi connectivity index (χ3v) is 2.16. The second-order valence-corrected chi connectivity index (χ2v) is 3.37. The molecule has 14 heavy (non-hydrogen) atoms. The van der Waals surface area contributed by atoms with Gasteiger partial charge in [0.15, 0.2) is 0 Å². The zero-order valence-electron chi connectivity index (χ0n) is 7.69. The summed E-state index contributed by atoms with van der Waals surface area (Å²) in [6, 6.07) is -1.18. The fourth-order valence-corrected chi connectivity index (χ4v) is 1.19. The Morgan fingerprint density at radius 1 is 1.50 bits per heavy atom. The molecular weight excluding hydrogens is 188 g/mol. The van der Waals surface area contributed by atoms with Gasteiger partial charge in [-0.25, -0.2) is 4.79 Å². The number of aliphatic hydroxyl groups excluding tert-OH is 1. The number of carboxylic acid groups (broad SMARTS) is 1. The van der Waals surface area contributed by atoms with Crippen LogP contribution in [0, 0.1) is 5.92 Å². The van der Waals surface area contributed by atoms with Gasteiger partial charge in [-0.1, -0.05) is 0 Å². The molecule has 1 rings (SSSR count). The quantitative estimate of drug-likeness (QED) is 0.420. The van der Waals surface area contributed by atoms with Gasteiger partial charge in [0.2, 0.25) is 5.91 Å². The number of carbonyl (C=O) groups is 2. The summed E-state index contributed by atoms with van der Waals surface area (Å²) in [6.45, 7) is 1.01. The predicted octanol–water partition coefficient (Wildman–Crippen LogP) is -1.84. The van der Waals surface area contributed by atoms with Crippen LogP contribution < -0.4 is 10.6 Å². The van der Waals surface area contributed by atoms with E-state index in [0.29, 0.717) is 12.3 Å². The first-order valence-corrected chi connectivity index (χ1v) is 4.47. The van der Waals surface area contributed by atoms with Crippen molar-refractivity contribution >= 4 is 11.9 Å². The van der Waals surface area contributed by atoms with Crippen LogP contribution in [0.25, 0.3) is 0 Å². The van der Waals surface area contributed by atoms with Crippen LogP contribution in [-0.2, 0) is 9.59 Å². The zero-order chi connectivity index (χ0) is 10.6. The first-order valence-electron chi connectivity index (χ1n) is 4.47. The van der Waals surface area contributed by atoms with Crippen molar-refractivity contribution in [1.29, 1.82) is 0 Å². The topological polar surface area (TPSA) is 98.7 Å². The van der Waals surface area contributed by atoms with Gasteiger partial charge < -0.3 is 20.8 Å². The van der Waals surface area contributed by atoms with Gasteiger partial charge in [0.25, 0.3) is 0 Å². The summed E-state index contributed by atoms with van der Waals surface area (Å²) in [5.41, 5.74) is 0. The molecule has 6 nitrogen and oxygen atoms in total. The van der Waals surface area contributed by atoms with E-state index in [0.717, 1.165) is 13.1 Å². The number of rotatable bonds is 5. The highest BCUT2D eigenvalue weighted by Crippen LogP contribution is 2.07. The Kier molecular flexibility index (Phi) is 3.84. The summed E-state index contributed by atoms with van der Waals surface area (Å²) >= 11 is 0. The first-order chi connectivity index (χ1) is 6.63. The second kappa shape index (κ2) is 4.92. The van der Waals surface area contributed by atoms with Crippen LogP contribution in [0.2, 0.25) is 0 Å². The highest BCUT2D eigenvalue weighted by atomic mass is 16.4. The Morgan fingerprint density at radius 2 is 2.14 bits per heavy atom. The highest BCUT2D eigenvalue weighted by Gasteiger charge is 2.23. The maximum absolute atomic E-state index is 11.2. The highest BCUT2D eigenvalue weighted by molar-refractivity contribution is 5.83. The number of carboxylic acids is 1. The molecule has 0 radical (unpaired) electrons.